The van der Waals surface area contributed by atoms with Crippen LogP contribution in [0, 0.1) is 0 Å². The lowest BCUT2D eigenvalue weighted by Gasteiger charge is -2.09. The zero-order valence-electron chi connectivity index (χ0n) is 9.43. The van der Waals surface area contributed by atoms with Crippen LogP contribution in [0.5, 0.6) is 0 Å². The highest BCUT2D eigenvalue weighted by Crippen LogP contribution is 2.34. The van der Waals surface area contributed by atoms with Crippen LogP contribution >= 0.6 is 11.8 Å². The van der Waals surface area contributed by atoms with E-state index < -0.39 is 10.0 Å². The molecule has 17 heavy (non-hydrogen) atoms. The van der Waals surface area contributed by atoms with E-state index >= 15 is 0 Å². The minimum Gasteiger partial charge on any atom is -0.257 e. The predicted molar refractivity (Wildman–Crippen MR) is 69.1 cm³/mol. The van der Waals surface area contributed by atoms with E-state index in [4.69, 9.17) is 5.84 Å². The van der Waals surface area contributed by atoms with Gasteiger partial charge in [0.05, 0.1) is 4.90 Å². The van der Waals surface area contributed by atoms with Crippen molar-refractivity contribution in [3.05, 3.63) is 24.3 Å². The summed E-state index contributed by atoms with van der Waals surface area (Å²) >= 11 is 1.83. The van der Waals surface area contributed by atoms with Gasteiger partial charge < -0.3 is 0 Å². The highest BCUT2D eigenvalue weighted by atomic mass is 32.2. The van der Waals surface area contributed by atoms with Crippen molar-refractivity contribution in [2.24, 2.45) is 5.84 Å². The fourth-order valence-electron chi connectivity index (χ4n) is 1.96. The minimum atomic E-state index is -3.52. The molecule has 0 amide bonds. The maximum Gasteiger partial charge on any atom is 0.253 e. The lowest BCUT2D eigenvalue weighted by Crippen LogP contribution is -2.30. The van der Waals surface area contributed by atoms with E-state index in [-0.39, 0.29) is 4.90 Å². The highest BCUT2D eigenvalue weighted by molar-refractivity contribution is 8.00. The molecule has 0 spiro atoms. The molecule has 3 N–H and O–H groups in total. The van der Waals surface area contributed by atoms with Gasteiger partial charge in [0.1, 0.15) is 0 Å². The zero-order valence-corrected chi connectivity index (χ0v) is 11.1. The average molecular weight is 272 g/mol. The molecule has 4 nitrogen and oxygen atoms in total. The Labute approximate surface area is 106 Å². The SMILES string of the molecule is NNS(=O)(=O)c1ccc(SC2CCCC2)cc1. The van der Waals surface area contributed by atoms with Gasteiger partial charge in [-0.25, -0.2) is 8.42 Å². The van der Waals surface area contributed by atoms with Crippen molar-refractivity contribution in [1.29, 1.82) is 0 Å². The number of sulfonamides is 1. The standard InChI is InChI=1S/C11H16N2O2S2/c12-13-17(14,15)11-7-5-10(6-8-11)16-9-3-1-2-4-9/h5-9,13H,1-4,12H2. The van der Waals surface area contributed by atoms with E-state index in [1.807, 2.05) is 28.7 Å². The van der Waals surface area contributed by atoms with Crippen LogP contribution in [0.25, 0.3) is 0 Å². The van der Waals surface area contributed by atoms with Crippen molar-refractivity contribution in [3.63, 3.8) is 0 Å². The Bertz CT molecular complexity index is 465. The van der Waals surface area contributed by atoms with Crippen LogP contribution in [0.3, 0.4) is 0 Å². The molecule has 0 atom stereocenters. The molecule has 1 aromatic carbocycles. The summed E-state index contributed by atoms with van der Waals surface area (Å²) in [6.45, 7) is 0. The molecule has 0 saturated heterocycles. The average Bonchev–Trinajstić information content (AvgIpc) is 2.83. The quantitative estimate of drug-likeness (QED) is 0.648. The van der Waals surface area contributed by atoms with Gasteiger partial charge in [0.2, 0.25) is 0 Å². The van der Waals surface area contributed by atoms with Crippen molar-refractivity contribution < 1.29 is 8.42 Å². The number of hydrazine groups is 1. The van der Waals surface area contributed by atoms with Crippen LogP contribution in [-0.2, 0) is 10.0 Å². The lowest BCUT2D eigenvalue weighted by atomic mass is 10.4. The third-order valence-electron chi connectivity index (χ3n) is 2.89. The Hall–Kier alpha value is -0.560. The summed E-state index contributed by atoms with van der Waals surface area (Å²) in [6.07, 6.45) is 5.13. The summed E-state index contributed by atoms with van der Waals surface area (Å²) in [5.41, 5.74) is 0. The van der Waals surface area contributed by atoms with Gasteiger partial charge in [0, 0.05) is 10.1 Å². The Morgan fingerprint density at radius 3 is 2.29 bits per heavy atom. The maximum atomic E-state index is 11.4. The Morgan fingerprint density at radius 1 is 1.18 bits per heavy atom. The molecule has 0 aliphatic heterocycles. The molecule has 1 saturated carbocycles. The lowest BCUT2D eigenvalue weighted by molar-refractivity contribution is 0.584. The van der Waals surface area contributed by atoms with Gasteiger partial charge in [-0.2, -0.15) is 4.83 Å². The summed E-state index contributed by atoms with van der Waals surface area (Å²) in [5.74, 6) is 4.97. The minimum absolute atomic E-state index is 0.204. The molecule has 0 bridgehead atoms. The maximum absolute atomic E-state index is 11.4. The Balaban J connectivity index is 2.07. The molecule has 2 rings (SSSR count). The smallest absolute Gasteiger partial charge is 0.253 e. The molecule has 0 unspecified atom stereocenters. The van der Waals surface area contributed by atoms with Gasteiger partial charge >= 0.3 is 0 Å². The first-order chi connectivity index (χ1) is 8.12. The number of thioether (sulfide) groups is 1. The van der Waals surface area contributed by atoms with E-state index in [0.717, 1.165) is 4.90 Å². The van der Waals surface area contributed by atoms with Crippen LogP contribution in [0.15, 0.2) is 34.1 Å². The van der Waals surface area contributed by atoms with Crippen molar-refractivity contribution in [3.8, 4) is 0 Å². The van der Waals surface area contributed by atoms with Crippen LogP contribution in [0.1, 0.15) is 25.7 Å². The molecule has 1 aromatic rings. The first-order valence-electron chi connectivity index (χ1n) is 5.61. The largest absolute Gasteiger partial charge is 0.257 e. The summed E-state index contributed by atoms with van der Waals surface area (Å²) in [5, 5.41) is 0.685. The molecular weight excluding hydrogens is 256 g/mol. The Morgan fingerprint density at radius 2 is 1.76 bits per heavy atom. The molecule has 1 aliphatic rings. The van der Waals surface area contributed by atoms with Gasteiger partial charge in [-0.15, -0.1) is 11.8 Å². The van der Waals surface area contributed by atoms with E-state index in [0.29, 0.717) is 5.25 Å². The first kappa shape index (κ1) is 12.9. The molecule has 0 heterocycles. The topological polar surface area (TPSA) is 72.2 Å². The highest BCUT2D eigenvalue weighted by Gasteiger charge is 2.17. The normalized spacial score (nSPS) is 17.5. The zero-order chi connectivity index (χ0) is 12.3. The number of nitrogens with one attached hydrogen (secondary N) is 1. The van der Waals surface area contributed by atoms with Crippen LogP contribution in [0.4, 0.5) is 0 Å². The number of nitrogens with two attached hydrogens (primary N) is 1. The van der Waals surface area contributed by atoms with Crippen molar-refractivity contribution in [2.45, 2.75) is 40.7 Å². The number of benzene rings is 1. The third-order valence-corrected chi connectivity index (χ3v) is 5.45. The van der Waals surface area contributed by atoms with Crippen LogP contribution in [0.2, 0.25) is 0 Å². The van der Waals surface area contributed by atoms with Gasteiger partial charge in [-0.05, 0) is 37.1 Å². The summed E-state index contributed by atoms with van der Waals surface area (Å²) < 4.78 is 22.8. The first-order valence-corrected chi connectivity index (χ1v) is 7.97. The van der Waals surface area contributed by atoms with E-state index in [1.165, 1.54) is 25.7 Å². The third kappa shape index (κ3) is 3.22. The van der Waals surface area contributed by atoms with Gasteiger partial charge in [-0.3, -0.25) is 5.84 Å². The van der Waals surface area contributed by atoms with Crippen molar-refractivity contribution >= 4 is 21.8 Å². The Kier molecular flexibility index (Phi) is 4.09. The van der Waals surface area contributed by atoms with Crippen LogP contribution < -0.4 is 10.7 Å². The van der Waals surface area contributed by atoms with Gasteiger partial charge in [0.25, 0.3) is 10.0 Å². The number of hydrogen-bond donors (Lipinski definition) is 2. The number of hydrogen-bond acceptors (Lipinski definition) is 4. The second-order valence-electron chi connectivity index (χ2n) is 4.12. The predicted octanol–water partition coefficient (Wildman–Crippen LogP) is 1.87. The summed E-state index contributed by atoms with van der Waals surface area (Å²) in [6, 6.07) is 6.86. The number of rotatable bonds is 4. The molecule has 1 fully saturated rings. The molecule has 0 aromatic heterocycles. The summed E-state index contributed by atoms with van der Waals surface area (Å²) in [7, 11) is -3.52. The van der Waals surface area contributed by atoms with Crippen molar-refractivity contribution in [1.82, 2.24) is 4.83 Å². The van der Waals surface area contributed by atoms with Gasteiger partial charge in [0.15, 0.2) is 0 Å². The summed E-state index contributed by atoms with van der Waals surface area (Å²) in [4.78, 5) is 3.14. The van der Waals surface area contributed by atoms with E-state index in [1.54, 1.807) is 12.1 Å². The second kappa shape index (κ2) is 5.39. The van der Waals surface area contributed by atoms with Gasteiger partial charge in [-0.1, -0.05) is 12.8 Å². The second-order valence-corrected chi connectivity index (χ2v) is 7.20. The fraction of sp³-hybridized carbons (Fsp3) is 0.455. The molecule has 0 radical (unpaired) electrons. The molecular formula is C11H16N2O2S2. The van der Waals surface area contributed by atoms with E-state index in [2.05, 4.69) is 0 Å². The molecule has 6 heteroatoms. The van der Waals surface area contributed by atoms with Crippen LogP contribution in [-0.4, -0.2) is 13.7 Å². The van der Waals surface area contributed by atoms with E-state index in [9.17, 15) is 8.42 Å². The fourth-order valence-corrected chi connectivity index (χ4v) is 3.84. The molecule has 94 valence electrons. The molecule has 1 aliphatic carbocycles. The van der Waals surface area contributed by atoms with Crippen molar-refractivity contribution in [2.75, 3.05) is 0 Å². The monoisotopic (exact) mass is 272 g/mol.